The molecule has 0 bridgehead atoms. The van der Waals surface area contributed by atoms with Crippen LogP contribution >= 0.6 is 0 Å². The molecule has 0 saturated carbocycles. The number of aryl methyl sites for hydroxylation is 1. The highest BCUT2D eigenvalue weighted by Crippen LogP contribution is 2.26. The van der Waals surface area contributed by atoms with E-state index < -0.39 is 18.8 Å². The predicted octanol–water partition coefficient (Wildman–Crippen LogP) is 2.38. The number of carbonyl (C=O) groups excluding carboxylic acids is 1. The van der Waals surface area contributed by atoms with Crippen molar-refractivity contribution in [2.75, 3.05) is 0 Å². The van der Waals surface area contributed by atoms with Crippen molar-refractivity contribution in [2.24, 2.45) is 0 Å². The lowest BCUT2D eigenvalue weighted by atomic mass is 9.95. The summed E-state index contributed by atoms with van der Waals surface area (Å²) in [5, 5.41) is 8.71. The van der Waals surface area contributed by atoms with E-state index in [2.05, 4.69) is 0 Å². The first-order valence-electron chi connectivity index (χ1n) is 5.10. The standard InChI is InChI=1S/C12H12F2O3/c13-12(14)9-5-1-3-8(4-2-6-15)10(9)7-11(16)17/h1,3,5-6,12H,2,4,7H2,(H,16,17). The molecule has 0 spiro atoms. The number of hydrogen-bond acceptors (Lipinski definition) is 2. The Balaban J connectivity index is 3.13. The van der Waals surface area contributed by atoms with E-state index in [-0.39, 0.29) is 24.0 Å². The summed E-state index contributed by atoms with van der Waals surface area (Å²) in [6, 6.07) is 4.24. The second-order valence-corrected chi connectivity index (χ2v) is 3.56. The molecule has 0 aliphatic rings. The summed E-state index contributed by atoms with van der Waals surface area (Å²) >= 11 is 0. The van der Waals surface area contributed by atoms with Gasteiger partial charge in [0.05, 0.1) is 6.42 Å². The van der Waals surface area contributed by atoms with Crippen LogP contribution in [-0.2, 0) is 22.4 Å². The van der Waals surface area contributed by atoms with Crippen LogP contribution in [0.25, 0.3) is 0 Å². The van der Waals surface area contributed by atoms with Crippen molar-refractivity contribution in [3.8, 4) is 0 Å². The minimum atomic E-state index is -2.71. The Morgan fingerprint density at radius 3 is 2.65 bits per heavy atom. The van der Waals surface area contributed by atoms with E-state index in [0.717, 1.165) is 0 Å². The number of aliphatic carboxylic acids is 1. The highest BCUT2D eigenvalue weighted by atomic mass is 19.3. The number of carboxylic acid groups (broad SMARTS) is 1. The smallest absolute Gasteiger partial charge is 0.307 e. The third-order valence-electron chi connectivity index (χ3n) is 2.40. The second-order valence-electron chi connectivity index (χ2n) is 3.56. The Morgan fingerprint density at radius 1 is 1.41 bits per heavy atom. The molecular weight excluding hydrogens is 230 g/mol. The lowest BCUT2D eigenvalue weighted by molar-refractivity contribution is -0.136. The van der Waals surface area contributed by atoms with Crippen LogP contribution in [0.15, 0.2) is 18.2 Å². The maximum atomic E-state index is 12.7. The van der Waals surface area contributed by atoms with Gasteiger partial charge in [-0.05, 0) is 17.5 Å². The molecule has 5 heteroatoms. The van der Waals surface area contributed by atoms with E-state index in [4.69, 9.17) is 5.11 Å². The zero-order chi connectivity index (χ0) is 12.8. The zero-order valence-corrected chi connectivity index (χ0v) is 9.03. The molecule has 1 rings (SSSR count). The topological polar surface area (TPSA) is 54.4 Å². The van der Waals surface area contributed by atoms with Gasteiger partial charge in [-0.3, -0.25) is 4.79 Å². The SMILES string of the molecule is O=CCCc1cccc(C(F)F)c1CC(=O)O. The lowest BCUT2D eigenvalue weighted by Crippen LogP contribution is -2.08. The fourth-order valence-corrected chi connectivity index (χ4v) is 1.67. The monoisotopic (exact) mass is 242 g/mol. The Labute approximate surface area is 97.1 Å². The Kier molecular flexibility index (Phi) is 4.75. The number of hydrogen-bond donors (Lipinski definition) is 1. The van der Waals surface area contributed by atoms with Gasteiger partial charge in [0.15, 0.2) is 0 Å². The van der Waals surface area contributed by atoms with Gasteiger partial charge in [0.2, 0.25) is 0 Å². The largest absolute Gasteiger partial charge is 0.481 e. The van der Waals surface area contributed by atoms with Crippen LogP contribution in [0.4, 0.5) is 8.78 Å². The quantitative estimate of drug-likeness (QED) is 0.779. The van der Waals surface area contributed by atoms with E-state index in [1.54, 1.807) is 6.07 Å². The molecule has 0 heterocycles. The number of aldehydes is 1. The molecule has 1 aromatic rings. The number of benzene rings is 1. The maximum Gasteiger partial charge on any atom is 0.307 e. The van der Waals surface area contributed by atoms with E-state index in [1.165, 1.54) is 12.1 Å². The predicted molar refractivity (Wildman–Crippen MR) is 57.1 cm³/mol. The van der Waals surface area contributed by atoms with Crippen LogP contribution in [0.3, 0.4) is 0 Å². The molecule has 0 unspecified atom stereocenters. The minimum Gasteiger partial charge on any atom is -0.481 e. The molecule has 1 N–H and O–H groups in total. The third kappa shape index (κ3) is 3.62. The first-order valence-corrected chi connectivity index (χ1v) is 5.10. The number of carbonyl (C=O) groups is 2. The van der Waals surface area contributed by atoms with Crippen molar-refractivity contribution in [3.05, 3.63) is 34.9 Å². The fourth-order valence-electron chi connectivity index (χ4n) is 1.67. The first kappa shape index (κ1) is 13.3. The highest BCUT2D eigenvalue weighted by molar-refractivity contribution is 5.71. The van der Waals surface area contributed by atoms with Gasteiger partial charge in [0.1, 0.15) is 6.29 Å². The molecular formula is C12H12F2O3. The average Bonchev–Trinajstić information content (AvgIpc) is 2.26. The molecule has 0 atom stereocenters. The first-order chi connectivity index (χ1) is 8.06. The number of carboxylic acids is 1. The second kappa shape index (κ2) is 6.08. The molecule has 92 valence electrons. The molecule has 0 fully saturated rings. The summed E-state index contributed by atoms with van der Waals surface area (Å²) < 4.78 is 25.4. The van der Waals surface area contributed by atoms with Crippen LogP contribution in [-0.4, -0.2) is 17.4 Å². The molecule has 0 aliphatic carbocycles. The third-order valence-corrected chi connectivity index (χ3v) is 2.40. The molecule has 0 amide bonds. The molecule has 0 aliphatic heterocycles. The Hall–Kier alpha value is -1.78. The molecule has 0 aromatic heterocycles. The van der Waals surface area contributed by atoms with Gasteiger partial charge in [0, 0.05) is 12.0 Å². The summed E-state index contributed by atoms with van der Waals surface area (Å²) in [6.45, 7) is 0. The van der Waals surface area contributed by atoms with Gasteiger partial charge in [0.25, 0.3) is 6.43 Å². The van der Waals surface area contributed by atoms with E-state index >= 15 is 0 Å². The van der Waals surface area contributed by atoms with Crippen LogP contribution in [0.1, 0.15) is 29.5 Å². The number of rotatable bonds is 6. The molecule has 17 heavy (non-hydrogen) atoms. The zero-order valence-electron chi connectivity index (χ0n) is 9.03. The molecule has 0 radical (unpaired) electrons. The van der Waals surface area contributed by atoms with Crippen LogP contribution in [0.2, 0.25) is 0 Å². The van der Waals surface area contributed by atoms with Gasteiger partial charge in [-0.2, -0.15) is 0 Å². The summed E-state index contributed by atoms with van der Waals surface area (Å²) in [6.07, 6.45) is -2.00. The van der Waals surface area contributed by atoms with Crippen molar-refractivity contribution < 1.29 is 23.5 Å². The average molecular weight is 242 g/mol. The van der Waals surface area contributed by atoms with Crippen molar-refractivity contribution in [3.63, 3.8) is 0 Å². The van der Waals surface area contributed by atoms with E-state index in [0.29, 0.717) is 11.8 Å². The van der Waals surface area contributed by atoms with E-state index in [9.17, 15) is 18.4 Å². The maximum absolute atomic E-state index is 12.7. The molecule has 3 nitrogen and oxygen atoms in total. The molecule has 1 aromatic carbocycles. The summed E-state index contributed by atoms with van der Waals surface area (Å²) in [4.78, 5) is 20.9. The van der Waals surface area contributed by atoms with Crippen molar-refractivity contribution in [1.82, 2.24) is 0 Å². The molecule has 0 saturated heterocycles. The van der Waals surface area contributed by atoms with Gasteiger partial charge >= 0.3 is 5.97 Å². The minimum absolute atomic E-state index is 0.122. The van der Waals surface area contributed by atoms with Gasteiger partial charge in [-0.25, -0.2) is 8.78 Å². The van der Waals surface area contributed by atoms with Crippen LogP contribution in [0, 0.1) is 0 Å². The van der Waals surface area contributed by atoms with Crippen LogP contribution in [0.5, 0.6) is 0 Å². The van der Waals surface area contributed by atoms with E-state index in [1.807, 2.05) is 0 Å². The van der Waals surface area contributed by atoms with Crippen molar-refractivity contribution in [2.45, 2.75) is 25.7 Å². The highest BCUT2D eigenvalue weighted by Gasteiger charge is 2.17. The van der Waals surface area contributed by atoms with Gasteiger partial charge in [-0.1, -0.05) is 18.2 Å². The van der Waals surface area contributed by atoms with Gasteiger partial charge in [-0.15, -0.1) is 0 Å². The lowest BCUT2D eigenvalue weighted by Gasteiger charge is -2.12. The fraction of sp³-hybridized carbons (Fsp3) is 0.333. The van der Waals surface area contributed by atoms with Crippen molar-refractivity contribution in [1.29, 1.82) is 0 Å². The summed E-state index contributed by atoms with van der Waals surface area (Å²) in [5.74, 6) is -1.16. The Morgan fingerprint density at radius 2 is 2.12 bits per heavy atom. The van der Waals surface area contributed by atoms with Crippen molar-refractivity contribution >= 4 is 12.3 Å². The summed E-state index contributed by atoms with van der Waals surface area (Å²) in [5.41, 5.74) is 0.352. The number of halogens is 2. The summed E-state index contributed by atoms with van der Waals surface area (Å²) in [7, 11) is 0. The normalized spacial score (nSPS) is 10.5. The van der Waals surface area contributed by atoms with Gasteiger partial charge < -0.3 is 9.90 Å². The van der Waals surface area contributed by atoms with Crippen LogP contribution < -0.4 is 0 Å². The Bertz CT molecular complexity index is 416. The number of alkyl halides is 2.